The highest BCUT2D eigenvalue weighted by atomic mass is 79.9. The van der Waals surface area contributed by atoms with Crippen LogP contribution in [-0.2, 0) is 16.1 Å². The topological polar surface area (TPSA) is 74.3 Å². The summed E-state index contributed by atoms with van der Waals surface area (Å²) in [5, 5.41) is 6.27. The lowest BCUT2D eigenvalue weighted by atomic mass is 9.81. The Morgan fingerprint density at radius 2 is 1.77 bits per heavy atom. The highest BCUT2D eigenvalue weighted by molar-refractivity contribution is 9.11. The first kappa shape index (κ1) is 21.6. The number of carbonyl (C=O) groups excluding carboxylic acids is 2. The average molecular weight is 507 g/mol. The molecule has 1 aromatic rings. The van der Waals surface area contributed by atoms with Crippen LogP contribution in [0.4, 0.5) is 0 Å². The van der Waals surface area contributed by atoms with Crippen LogP contribution < -0.4 is 10.6 Å². The van der Waals surface area contributed by atoms with Gasteiger partial charge in [-0.1, -0.05) is 12.2 Å². The minimum atomic E-state index is -0.251. The average Bonchev–Trinajstić information content (AvgIpc) is 3.06. The summed E-state index contributed by atoms with van der Waals surface area (Å²) in [4.78, 5) is 34.1. The monoisotopic (exact) mass is 506 g/mol. The summed E-state index contributed by atoms with van der Waals surface area (Å²) in [5.41, 5.74) is 0.174. The molecule has 2 bridgehead atoms. The summed E-state index contributed by atoms with van der Waals surface area (Å²) in [5.74, 6) is 0.0292. The van der Waals surface area contributed by atoms with Gasteiger partial charge in [-0.25, -0.2) is 4.98 Å². The Morgan fingerprint density at radius 1 is 1.10 bits per heavy atom. The van der Waals surface area contributed by atoms with Crippen LogP contribution in [0.2, 0.25) is 0 Å². The van der Waals surface area contributed by atoms with Crippen LogP contribution in [-0.4, -0.2) is 47.9 Å². The van der Waals surface area contributed by atoms with Crippen LogP contribution in [0, 0.1) is 29.1 Å². The minimum Gasteiger partial charge on any atom is -0.356 e. The highest BCUT2D eigenvalue weighted by Gasteiger charge is 2.69. The van der Waals surface area contributed by atoms with Crippen molar-refractivity contribution < 1.29 is 9.59 Å². The molecule has 0 unspecified atom stereocenters. The van der Waals surface area contributed by atoms with Crippen molar-refractivity contribution >= 4 is 39.1 Å². The van der Waals surface area contributed by atoms with Gasteiger partial charge < -0.3 is 15.5 Å². The first-order chi connectivity index (χ1) is 15.1. The summed E-state index contributed by atoms with van der Waals surface area (Å²) in [6, 6.07) is 0. The Bertz CT molecular complexity index is 862. The van der Waals surface area contributed by atoms with E-state index in [4.69, 9.17) is 0 Å². The SMILES string of the molecule is O=C(NCCCCN1CCCC1)[C@H]1[C@H](C(=O)NCc2cnc(Br)s2)[C@@H]2C=C[C@H]1C21CC1. The molecule has 1 spiro atoms. The zero-order valence-electron chi connectivity index (χ0n) is 17.8. The lowest BCUT2D eigenvalue weighted by Crippen LogP contribution is -2.44. The van der Waals surface area contributed by atoms with E-state index in [-0.39, 0.29) is 40.9 Å². The van der Waals surface area contributed by atoms with Gasteiger partial charge in [0, 0.05) is 17.6 Å². The second kappa shape index (κ2) is 8.94. The summed E-state index contributed by atoms with van der Waals surface area (Å²) < 4.78 is 0.818. The molecular weight excluding hydrogens is 476 g/mol. The van der Waals surface area contributed by atoms with Crippen LogP contribution in [0.1, 0.15) is 43.4 Å². The summed E-state index contributed by atoms with van der Waals surface area (Å²) in [6.45, 7) is 4.76. The Kier molecular flexibility index (Phi) is 6.23. The molecule has 168 valence electrons. The third-order valence-electron chi connectivity index (χ3n) is 7.81. The predicted octanol–water partition coefficient (Wildman–Crippen LogP) is 3.34. The number of nitrogens with zero attached hydrogens (tertiary/aromatic N) is 2. The first-order valence-electron chi connectivity index (χ1n) is 11.6. The van der Waals surface area contributed by atoms with Gasteiger partial charge in [-0.05, 0) is 91.3 Å². The van der Waals surface area contributed by atoms with Gasteiger partial charge in [0.2, 0.25) is 11.8 Å². The fourth-order valence-corrected chi connectivity index (χ4v) is 7.46. The van der Waals surface area contributed by atoms with E-state index in [2.05, 4.69) is 48.6 Å². The van der Waals surface area contributed by atoms with E-state index >= 15 is 0 Å². The second-order valence-electron chi connectivity index (χ2n) is 9.57. The van der Waals surface area contributed by atoms with Gasteiger partial charge in [0.15, 0.2) is 3.92 Å². The summed E-state index contributed by atoms with van der Waals surface area (Å²) >= 11 is 4.89. The number of unbranched alkanes of at least 4 members (excludes halogenated alkanes) is 1. The molecular formula is C23H31BrN4O2S. The van der Waals surface area contributed by atoms with Crippen LogP contribution in [0.15, 0.2) is 22.3 Å². The van der Waals surface area contributed by atoms with Gasteiger partial charge in [0.05, 0.1) is 18.4 Å². The van der Waals surface area contributed by atoms with E-state index in [1.165, 1.54) is 37.3 Å². The maximum Gasteiger partial charge on any atom is 0.224 e. The van der Waals surface area contributed by atoms with Crippen molar-refractivity contribution in [1.29, 1.82) is 0 Å². The van der Waals surface area contributed by atoms with E-state index in [0.29, 0.717) is 13.1 Å². The Hall–Kier alpha value is -1.25. The molecule has 31 heavy (non-hydrogen) atoms. The molecule has 5 rings (SSSR count). The quantitative estimate of drug-likeness (QED) is 0.397. The molecule has 1 saturated heterocycles. The number of likely N-dealkylation sites (tertiary alicyclic amines) is 1. The normalized spacial score (nSPS) is 30.2. The van der Waals surface area contributed by atoms with Crippen molar-refractivity contribution in [2.45, 2.75) is 45.1 Å². The molecule has 4 aliphatic rings. The number of nitrogens with one attached hydrogen (secondary N) is 2. The molecule has 8 heteroatoms. The van der Waals surface area contributed by atoms with Crippen molar-refractivity contribution in [2.24, 2.45) is 29.1 Å². The van der Waals surface area contributed by atoms with E-state index in [0.717, 1.165) is 41.0 Å². The molecule has 3 aliphatic carbocycles. The van der Waals surface area contributed by atoms with Gasteiger partial charge in [-0.2, -0.15) is 0 Å². The van der Waals surface area contributed by atoms with Gasteiger partial charge >= 0.3 is 0 Å². The van der Waals surface area contributed by atoms with Crippen molar-refractivity contribution in [1.82, 2.24) is 20.5 Å². The Morgan fingerprint density at radius 3 is 2.39 bits per heavy atom. The van der Waals surface area contributed by atoms with Crippen molar-refractivity contribution in [2.75, 3.05) is 26.2 Å². The molecule has 3 fully saturated rings. The zero-order chi connectivity index (χ0) is 21.4. The van der Waals surface area contributed by atoms with Crippen molar-refractivity contribution in [3.63, 3.8) is 0 Å². The number of hydrogen-bond acceptors (Lipinski definition) is 5. The van der Waals surface area contributed by atoms with E-state index in [1.54, 1.807) is 6.20 Å². The molecule has 4 atom stereocenters. The maximum absolute atomic E-state index is 13.2. The van der Waals surface area contributed by atoms with E-state index in [1.807, 2.05) is 0 Å². The largest absolute Gasteiger partial charge is 0.356 e. The van der Waals surface area contributed by atoms with Gasteiger partial charge in [-0.3, -0.25) is 9.59 Å². The molecule has 0 radical (unpaired) electrons. The third-order valence-corrected chi connectivity index (χ3v) is 9.28. The molecule has 1 aromatic heterocycles. The van der Waals surface area contributed by atoms with E-state index < -0.39 is 0 Å². The molecule has 2 heterocycles. The number of allylic oxidation sites excluding steroid dienone is 2. The molecule has 1 aliphatic heterocycles. The smallest absolute Gasteiger partial charge is 0.224 e. The zero-order valence-corrected chi connectivity index (χ0v) is 20.2. The maximum atomic E-state index is 13.2. The number of amides is 2. The number of hydrogen-bond donors (Lipinski definition) is 2. The number of thiazole rings is 1. The Labute approximate surface area is 196 Å². The number of rotatable bonds is 9. The van der Waals surface area contributed by atoms with Gasteiger partial charge in [-0.15, -0.1) is 11.3 Å². The van der Waals surface area contributed by atoms with Gasteiger partial charge in [0.25, 0.3) is 0 Å². The van der Waals surface area contributed by atoms with Crippen LogP contribution in [0.5, 0.6) is 0 Å². The number of aromatic nitrogens is 1. The fraction of sp³-hybridized carbons (Fsp3) is 0.696. The Balaban J connectivity index is 1.17. The molecule has 0 aromatic carbocycles. The van der Waals surface area contributed by atoms with Gasteiger partial charge in [0.1, 0.15) is 0 Å². The summed E-state index contributed by atoms with van der Waals surface area (Å²) in [6.07, 6.45) is 13.3. The lowest BCUT2D eigenvalue weighted by Gasteiger charge is -2.26. The first-order valence-corrected chi connectivity index (χ1v) is 13.3. The standard InChI is InChI=1S/C23H31BrN4O2S/c24-22-27-14-15(31-22)13-26-21(30)19-17-6-5-16(23(17)7-8-23)18(19)20(29)25-9-1-2-10-28-11-3-4-12-28/h5-6,14,16-19H,1-4,7-13H2,(H,25,29)(H,26,30)/t16-,17+,18-,19-/m1/s1. The lowest BCUT2D eigenvalue weighted by molar-refractivity contribution is -0.135. The predicted molar refractivity (Wildman–Crippen MR) is 124 cm³/mol. The number of halogens is 1. The van der Waals surface area contributed by atoms with E-state index in [9.17, 15) is 9.59 Å². The third kappa shape index (κ3) is 4.23. The second-order valence-corrected chi connectivity index (χ2v) is 12.0. The molecule has 2 amide bonds. The number of carbonyl (C=O) groups is 2. The molecule has 2 N–H and O–H groups in total. The van der Waals surface area contributed by atoms with Crippen LogP contribution >= 0.6 is 27.3 Å². The van der Waals surface area contributed by atoms with Crippen LogP contribution in [0.25, 0.3) is 0 Å². The highest BCUT2D eigenvalue weighted by Crippen LogP contribution is 2.72. The van der Waals surface area contributed by atoms with Crippen molar-refractivity contribution in [3.8, 4) is 0 Å². The molecule has 6 nitrogen and oxygen atoms in total. The fourth-order valence-electron chi connectivity index (χ4n) is 6.16. The summed E-state index contributed by atoms with van der Waals surface area (Å²) in [7, 11) is 0. The van der Waals surface area contributed by atoms with Crippen molar-refractivity contribution in [3.05, 3.63) is 27.1 Å². The minimum absolute atomic E-state index is 0.0156. The van der Waals surface area contributed by atoms with Crippen LogP contribution in [0.3, 0.4) is 0 Å². The molecule has 2 saturated carbocycles.